The number of carbonyl (C=O) groups is 1. The minimum atomic E-state index is -0.264. The van der Waals surface area contributed by atoms with Gasteiger partial charge in [0, 0.05) is 10.5 Å². The molecular weight excluding hydrogens is 330 g/mol. The Balaban J connectivity index is 2.26. The van der Waals surface area contributed by atoms with Gasteiger partial charge in [-0.25, -0.2) is 0 Å². The van der Waals surface area contributed by atoms with Gasteiger partial charge in [0.2, 0.25) is 0 Å². The van der Waals surface area contributed by atoms with Crippen LogP contribution in [-0.2, 0) is 0 Å². The van der Waals surface area contributed by atoms with Crippen molar-refractivity contribution in [1.29, 1.82) is 0 Å². The zero-order valence-corrected chi connectivity index (χ0v) is 12.5. The van der Waals surface area contributed by atoms with Crippen LogP contribution in [0.15, 0.2) is 46.9 Å². The summed E-state index contributed by atoms with van der Waals surface area (Å²) in [5.41, 5.74) is 1.06. The number of benzene rings is 2. The van der Waals surface area contributed by atoms with Crippen LogP contribution in [0.1, 0.15) is 10.4 Å². The van der Waals surface area contributed by atoms with Gasteiger partial charge in [-0.15, -0.1) is 0 Å². The largest absolute Gasteiger partial charge is 0.497 e. The van der Waals surface area contributed by atoms with E-state index in [0.29, 0.717) is 22.0 Å². The molecule has 0 aromatic heterocycles. The summed E-state index contributed by atoms with van der Waals surface area (Å²) in [6.45, 7) is 0. The number of halogens is 2. The third-order valence-corrected chi connectivity index (χ3v) is 3.56. The van der Waals surface area contributed by atoms with E-state index in [4.69, 9.17) is 16.3 Å². The number of hydrogen-bond acceptors (Lipinski definition) is 2. The fourth-order valence-electron chi connectivity index (χ4n) is 1.56. The average molecular weight is 341 g/mol. The molecule has 0 aliphatic carbocycles. The van der Waals surface area contributed by atoms with Crippen LogP contribution >= 0.6 is 27.5 Å². The van der Waals surface area contributed by atoms with Gasteiger partial charge in [-0.2, -0.15) is 0 Å². The topological polar surface area (TPSA) is 38.3 Å². The molecule has 0 bridgehead atoms. The summed E-state index contributed by atoms with van der Waals surface area (Å²) in [6.07, 6.45) is 0. The molecular formula is C14H11BrClNO2. The minimum Gasteiger partial charge on any atom is -0.497 e. The normalized spacial score (nSPS) is 10.1. The molecule has 0 atom stereocenters. The van der Waals surface area contributed by atoms with Gasteiger partial charge in [-0.05, 0) is 40.2 Å². The summed E-state index contributed by atoms with van der Waals surface area (Å²) in [5, 5.41) is 3.21. The van der Waals surface area contributed by atoms with Crippen LogP contribution in [0.5, 0.6) is 5.75 Å². The highest BCUT2D eigenvalue weighted by molar-refractivity contribution is 9.10. The quantitative estimate of drug-likeness (QED) is 0.901. The molecule has 0 saturated carbocycles. The van der Waals surface area contributed by atoms with E-state index in [-0.39, 0.29) is 5.91 Å². The Bertz CT molecular complexity index is 616. The lowest BCUT2D eigenvalue weighted by atomic mass is 10.2. The lowest BCUT2D eigenvalue weighted by molar-refractivity contribution is 0.102. The van der Waals surface area contributed by atoms with Crippen molar-refractivity contribution in [2.45, 2.75) is 0 Å². The first kappa shape index (κ1) is 13.9. The molecule has 3 nitrogen and oxygen atoms in total. The maximum Gasteiger partial charge on any atom is 0.257 e. The van der Waals surface area contributed by atoms with Gasteiger partial charge in [0.25, 0.3) is 5.91 Å². The molecule has 1 N–H and O–H groups in total. The van der Waals surface area contributed by atoms with E-state index in [1.54, 1.807) is 49.6 Å². The van der Waals surface area contributed by atoms with E-state index in [0.717, 1.165) is 4.47 Å². The number of hydrogen-bond donors (Lipinski definition) is 1. The summed E-state index contributed by atoms with van der Waals surface area (Å²) < 4.78 is 5.89. The molecule has 0 aliphatic rings. The van der Waals surface area contributed by atoms with Gasteiger partial charge in [0.05, 0.1) is 23.4 Å². The highest BCUT2D eigenvalue weighted by Crippen LogP contribution is 2.28. The number of anilines is 1. The van der Waals surface area contributed by atoms with Crippen molar-refractivity contribution in [3.8, 4) is 5.75 Å². The van der Waals surface area contributed by atoms with Crippen molar-refractivity contribution in [2.24, 2.45) is 0 Å². The van der Waals surface area contributed by atoms with E-state index >= 15 is 0 Å². The van der Waals surface area contributed by atoms with Crippen molar-refractivity contribution < 1.29 is 9.53 Å². The first-order valence-electron chi connectivity index (χ1n) is 5.51. The fraction of sp³-hybridized carbons (Fsp3) is 0.0714. The van der Waals surface area contributed by atoms with E-state index in [9.17, 15) is 4.79 Å². The lowest BCUT2D eigenvalue weighted by Crippen LogP contribution is -2.12. The van der Waals surface area contributed by atoms with Crippen molar-refractivity contribution in [1.82, 2.24) is 0 Å². The van der Waals surface area contributed by atoms with Crippen LogP contribution in [0, 0.1) is 0 Å². The number of carbonyl (C=O) groups excluding carboxylic acids is 1. The molecule has 2 aromatic rings. The lowest BCUT2D eigenvalue weighted by Gasteiger charge is -2.10. The van der Waals surface area contributed by atoms with Gasteiger partial charge >= 0.3 is 0 Å². The first-order chi connectivity index (χ1) is 9.11. The highest BCUT2D eigenvalue weighted by atomic mass is 79.9. The number of ether oxygens (including phenoxy) is 1. The van der Waals surface area contributed by atoms with Crippen LogP contribution < -0.4 is 10.1 Å². The van der Waals surface area contributed by atoms with E-state index < -0.39 is 0 Å². The minimum absolute atomic E-state index is 0.264. The third kappa shape index (κ3) is 3.28. The monoisotopic (exact) mass is 339 g/mol. The van der Waals surface area contributed by atoms with Crippen molar-refractivity contribution in [3.05, 3.63) is 57.5 Å². The van der Waals surface area contributed by atoms with Crippen LogP contribution in [0.4, 0.5) is 5.69 Å². The van der Waals surface area contributed by atoms with Gasteiger partial charge in [-0.3, -0.25) is 4.79 Å². The predicted octanol–water partition coefficient (Wildman–Crippen LogP) is 4.36. The molecule has 0 radical (unpaired) electrons. The summed E-state index contributed by atoms with van der Waals surface area (Å²) >= 11 is 9.36. The Morgan fingerprint density at radius 3 is 2.68 bits per heavy atom. The van der Waals surface area contributed by atoms with Gasteiger partial charge < -0.3 is 10.1 Å². The van der Waals surface area contributed by atoms with E-state index in [1.807, 2.05) is 0 Å². The van der Waals surface area contributed by atoms with Gasteiger partial charge in [0.15, 0.2) is 0 Å². The second-order valence-electron chi connectivity index (χ2n) is 3.78. The second kappa shape index (κ2) is 6.08. The molecule has 0 fully saturated rings. The van der Waals surface area contributed by atoms with Crippen LogP contribution in [0.25, 0.3) is 0 Å². The SMILES string of the molecule is COc1ccc(Br)c(NC(=O)c2ccccc2Cl)c1. The van der Waals surface area contributed by atoms with Crippen LogP contribution in [-0.4, -0.2) is 13.0 Å². The molecule has 98 valence electrons. The highest BCUT2D eigenvalue weighted by Gasteiger charge is 2.11. The Morgan fingerprint density at radius 1 is 1.26 bits per heavy atom. The van der Waals surface area contributed by atoms with Crippen molar-refractivity contribution in [2.75, 3.05) is 12.4 Å². The summed E-state index contributed by atoms with van der Waals surface area (Å²) in [5.74, 6) is 0.400. The zero-order chi connectivity index (χ0) is 13.8. The number of rotatable bonds is 3. The van der Waals surface area contributed by atoms with Gasteiger partial charge in [-0.1, -0.05) is 23.7 Å². The average Bonchev–Trinajstić information content (AvgIpc) is 2.41. The molecule has 0 aliphatic heterocycles. The molecule has 19 heavy (non-hydrogen) atoms. The Labute approximate surface area is 124 Å². The van der Waals surface area contributed by atoms with E-state index in [2.05, 4.69) is 21.2 Å². The molecule has 2 rings (SSSR count). The smallest absolute Gasteiger partial charge is 0.257 e. The Morgan fingerprint density at radius 2 is 2.00 bits per heavy atom. The fourth-order valence-corrected chi connectivity index (χ4v) is 2.13. The number of amides is 1. The summed E-state index contributed by atoms with van der Waals surface area (Å²) in [7, 11) is 1.57. The maximum atomic E-state index is 12.1. The van der Waals surface area contributed by atoms with E-state index in [1.165, 1.54) is 0 Å². The molecule has 2 aromatic carbocycles. The third-order valence-electron chi connectivity index (χ3n) is 2.54. The molecule has 0 unspecified atom stereocenters. The maximum absolute atomic E-state index is 12.1. The first-order valence-corrected chi connectivity index (χ1v) is 6.68. The van der Waals surface area contributed by atoms with Crippen LogP contribution in [0.3, 0.4) is 0 Å². The second-order valence-corrected chi connectivity index (χ2v) is 5.04. The van der Waals surface area contributed by atoms with Crippen LogP contribution in [0.2, 0.25) is 5.02 Å². The number of methoxy groups -OCH3 is 1. The standard InChI is InChI=1S/C14H11BrClNO2/c1-19-9-6-7-11(15)13(8-9)17-14(18)10-4-2-3-5-12(10)16/h2-8H,1H3,(H,17,18). The molecule has 1 amide bonds. The zero-order valence-electron chi connectivity index (χ0n) is 10.1. The number of nitrogens with one attached hydrogen (secondary N) is 1. The molecule has 5 heteroatoms. The molecule has 0 spiro atoms. The predicted molar refractivity (Wildman–Crippen MR) is 80.1 cm³/mol. The summed E-state index contributed by atoms with van der Waals surface area (Å²) in [6, 6.07) is 12.2. The molecule has 0 heterocycles. The summed E-state index contributed by atoms with van der Waals surface area (Å²) in [4.78, 5) is 12.1. The molecule has 0 saturated heterocycles. The Hall–Kier alpha value is -1.52. The van der Waals surface area contributed by atoms with Crippen molar-refractivity contribution in [3.63, 3.8) is 0 Å². The van der Waals surface area contributed by atoms with Crippen molar-refractivity contribution >= 4 is 39.1 Å². The van der Waals surface area contributed by atoms with Gasteiger partial charge in [0.1, 0.15) is 5.75 Å². The Kier molecular flexibility index (Phi) is 4.45.